The fraction of sp³-hybridized carbons (Fsp3) is 0.452. The molecule has 3 aromatic rings. The number of anilines is 4. The highest BCUT2D eigenvalue weighted by atomic mass is 127. The average Bonchev–Trinajstić information content (AvgIpc) is 2.99. The number of benzene rings is 2. The van der Waals surface area contributed by atoms with Crippen LogP contribution in [0.5, 0.6) is 5.75 Å². The monoisotopic (exact) mass is 684 g/mol. The van der Waals surface area contributed by atoms with Gasteiger partial charge in [0.1, 0.15) is 11.6 Å². The first-order valence-corrected chi connectivity index (χ1v) is 16.2. The highest BCUT2D eigenvalue weighted by Crippen LogP contribution is 2.29. The molecule has 10 nitrogen and oxygen atoms in total. The van der Waals surface area contributed by atoms with Crippen molar-refractivity contribution >= 4 is 51.6 Å². The molecule has 2 aliphatic rings. The number of carbonyl (C=O) groups excluding carboxylic acids is 1. The standard InChI is InChI=1S/C31H41IN8O2/c1-38-13-15-39(16-14-38)17-18-40-12-9-30(41)33-10-3-19-42-28-7-6-24(22-32)21-27(28)36-31-34-11-8-29(37-31)35-26-5-2-4-25(20-26)23-40/h2,4-8,11,20-21H,3,9-10,12-19,22-23H2,1H3,(H,33,41)(H2,34,35,36,37). The summed E-state index contributed by atoms with van der Waals surface area (Å²) in [5, 5.41) is 9.87. The van der Waals surface area contributed by atoms with Crippen molar-refractivity contribution < 1.29 is 9.53 Å². The van der Waals surface area contributed by atoms with Crippen molar-refractivity contribution in [2.45, 2.75) is 23.8 Å². The minimum atomic E-state index is 0.0776. The van der Waals surface area contributed by atoms with Crippen LogP contribution in [0.25, 0.3) is 0 Å². The number of ether oxygens (including phenoxy) is 1. The first kappa shape index (κ1) is 30.5. The zero-order chi connectivity index (χ0) is 29.1. The molecule has 224 valence electrons. The number of nitrogens with zero attached hydrogens (tertiary/aromatic N) is 5. The van der Waals surface area contributed by atoms with Gasteiger partial charge in [0.15, 0.2) is 0 Å². The Kier molecular flexibility index (Phi) is 11.2. The number of fused-ring (bicyclic) bond motifs is 5. The van der Waals surface area contributed by atoms with Crippen molar-refractivity contribution in [2.24, 2.45) is 0 Å². The van der Waals surface area contributed by atoms with E-state index in [2.05, 4.69) is 95.6 Å². The number of hydrogen-bond donors (Lipinski definition) is 3. The molecular weight excluding hydrogens is 643 g/mol. The summed E-state index contributed by atoms with van der Waals surface area (Å²) in [6.45, 7) is 8.86. The first-order chi connectivity index (χ1) is 20.5. The number of carbonyl (C=O) groups is 1. The number of alkyl halides is 1. The average molecular weight is 685 g/mol. The molecule has 2 aliphatic heterocycles. The lowest BCUT2D eigenvalue weighted by molar-refractivity contribution is -0.121. The van der Waals surface area contributed by atoms with Gasteiger partial charge in [-0.2, -0.15) is 4.98 Å². The SMILES string of the molecule is CN1CCN(CCN2CCC(=O)NCCCOc3ccc(CI)cc3Nc3nccc(n3)Nc3cccc(c3)C2)CC1. The Hall–Kier alpha value is -3.00. The van der Waals surface area contributed by atoms with Gasteiger partial charge in [-0.15, -0.1) is 0 Å². The van der Waals surface area contributed by atoms with Crippen molar-refractivity contribution in [1.29, 1.82) is 0 Å². The van der Waals surface area contributed by atoms with Crippen molar-refractivity contribution in [3.05, 3.63) is 65.9 Å². The van der Waals surface area contributed by atoms with Crippen molar-refractivity contribution in [2.75, 3.05) is 76.6 Å². The van der Waals surface area contributed by atoms with Crippen LogP contribution in [-0.4, -0.2) is 96.6 Å². The van der Waals surface area contributed by atoms with Gasteiger partial charge in [-0.1, -0.05) is 40.8 Å². The molecule has 11 heteroatoms. The van der Waals surface area contributed by atoms with Gasteiger partial charge >= 0.3 is 0 Å². The number of aromatic nitrogens is 2. The summed E-state index contributed by atoms with van der Waals surface area (Å²) in [5.74, 6) is 2.00. The van der Waals surface area contributed by atoms with Crippen LogP contribution in [0.2, 0.25) is 0 Å². The van der Waals surface area contributed by atoms with Gasteiger partial charge in [0.05, 0.1) is 12.3 Å². The Balaban J connectivity index is 1.34. The maximum atomic E-state index is 12.8. The van der Waals surface area contributed by atoms with Gasteiger partial charge in [0, 0.05) is 81.6 Å². The normalized spacial score (nSPS) is 18.1. The third-order valence-corrected chi connectivity index (χ3v) is 8.47. The highest BCUT2D eigenvalue weighted by molar-refractivity contribution is 14.1. The molecule has 1 amide bonds. The second-order valence-electron chi connectivity index (χ2n) is 10.9. The Bertz CT molecular complexity index is 1320. The fourth-order valence-corrected chi connectivity index (χ4v) is 5.58. The topological polar surface area (TPSA) is 97.9 Å². The van der Waals surface area contributed by atoms with Crippen molar-refractivity contribution in [3.63, 3.8) is 0 Å². The van der Waals surface area contributed by atoms with E-state index >= 15 is 0 Å². The van der Waals surface area contributed by atoms with Crippen LogP contribution in [0.3, 0.4) is 0 Å². The smallest absolute Gasteiger partial charge is 0.229 e. The van der Waals surface area contributed by atoms with Crippen LogP contribution >= 0.6 is 22.6 Å². The van der Waals surface area contributed by atoms with Gasteiger partial charge < -0.3 is 25.6 Å². The molecule has 0 spiro atoms. The summed E-state index contributed by atoms with van der Waals surface area (Å²) in [7, 11) is 2.18. The molecule has 5 rings (SSSR count). The molecule has 0 saturated carbocycles. The summed E-state index contributed by atoms with van der Waals surface area (Å²) in [6, 6.07) is 16.4. The van der Waals surface area contributed by atoms with E-state index < -0.39 is 0 Å². The van der Waals surface area contributed by atoms with Crippen LogP contribution in [0.4, 0.5) is 23.1 Å². The van der Waals surface area contributed by atoms with E-state index in [0.717, 1.165) is 73.8 Å². The zero-order valence-corrected chi connectivity index (χ0v) is 26.5. The summed E-state index contributed by atoms with van der Waals surface area (Å²) < 4.78 is 7.00. The maximum Gasteiger partial charge on any atom is 0.229 e. The lowest BCUT2D eigenvalue weighted by atomic mass is 10.1. The molecule has 0 radical (unpaired) electrons. The lowest BCUT2D eigenvalue weighted by Crippen LogP contribution is -2.47. The molecule has 4 bridgehead atoms. The fourth-order valence-electron chi connectivity index (χ4n) is 5.10. The summed E-state index contributed by atoms with van der Waals surface area (Å²) >= 11 is 2.35. The molecule has 42 heavy (non-hydrogen) atoms. The molecule has 1 saturated heterocycles. The summed E-state index contributed by atoms with van der Waals surface area (Å²) in [6.07, 6.45) is 2.94. The Morgan fingerprint density at radius 3 is 2.69 bits per heavy atom. The summed E-state index contributed by atoms with van der Waals surface area (Å²) in [4.78, 5) is 29.2. The largest absolute Gasteiger partial charge is 0.491 e. The van der Waals surface area contributed by atoms with Crippen LogP contribution < -0.4 is 20.7 Å². The third-order valence-electron chi connectivity index (χ3n) is 7.59. The van der Waals surface area contributed by atoms with Gasteiger partial charge in [0.2, 0.25) is 11.9 Å². The first-order valence-electron chi connectivity index (χ1n) is 14.7. The number of hydrogen-bond acceptors (Lipinski definition) is 9. The predicted octanol–water partition coefficient (Wildman–Crippen LogP) is 4.24. The van der Waals surface area contributed by atoms with Crippen molar-refractivity contribution in [3.8, 4) is 5.75 Å². The molecule has 0 unspecified atom stereocenters. The van der Waals surface area contributed by atoms with Crippen LogP contribution in [0.15, 0.2) is 54.7 Å². The van der Waals surface area contributed by atoms with E-state index in [1.807, 2.05) is 18.2 Å². The van der Waals surface area contributed by atoms with E-state index in [4.69, 9.17) is 9.72 Å². The van der Waals surface area contributed by atoms with Crippen LogP contribution in [0, 0.1) is 0 Å². The van der Waals surface area contributed by atoms with E-state index in [1.165, 1.54) is 11.1 Å². The minimum absolute atomic E-state index is 0.0776. The lowest BCUT2D eigenvalue weighted by Gasteiger charge is -2.34. The van der Waals surface area contributed by atoms with Crippen LogP contribution in [-0.2, 0) is 15.8 Å². The maximum absolute atomic E-state index is 12.8. The van der Waals surface area contributed by atoms with E-state index in [1.54, 1.807) is 6.20 Å². The third kappa shape index (κ3) is 9.25. The number of likely N-dealkylation sites (N-methyl/N-ethyl adjacent to an activating group) is 1. The number of piperazine rings is 1. The summed E-state index contributed by atoms with van der Waals surface area (Å²) in [5.41, 5.74) is 4.14. The number of rotatable bonds is 4. The van der Waals surface area contributed by atoms with Crippen molar-refractivity contribution in [1.82, 2.24) is 30.0 Å². The highest BCUT2D eigenvalue weighted by Gasteiger charge is 2.16. The quantitative estimate of drug-likeness (QED) is 0.276. The Morgan fingerprint density at radius 1 is 0.976 bits per heavy atom. The molecule has 3 heterocycles. The number of amides is 1. The van der Waals surface area contributed by atoms with E-state index in [-0.39, 0.29) is 5.91 Å². The second-order valence-corrected chi connectivity index (χ2v) is 11.7. The molecule has 0 atom stereocenters. The van der Waals surface area contributed by atoms with Gasteiger partial charge in [-0.05, 0) is 54.9 Å². The molecule has 1 fully saturated rings. The molecule has 1 aromatic heterocycles. The minimum Gasteiger partial charge on any atom is -0.491 e. The number of halogens is 1. The van der Waals surface area contributed by atoms with E-state index in [9.17, 15) is 4.79 Å². The number of nitrogens with one attached hydrogen (secondary N) is 3. The molecule has 2 aromatic carbocycles. The molecular formula is C31H41IN8O2. The molecule has 0 aliphatic carbocycles. The predicted molar refractivity (Wildman–Crippen MR) is 176 cm³/mol. The zero-order valence-electron chi connectivity index (χ0n) is 24.3. The van der Waals surface area contributed by atoms with E-state index in [0.29, 0.717) is 37.9 Å². The van der Waals surface area contributed by atoms with Crippen LogP contribution in [0.1, 0.15) is 24.0 Å². The molecule has 3 N–H and O–H groups in total. The second kappa shape index (κ2) is 15.5. The van der Waals surface area contributed by atoms with Gasteiger partial charge in [-0.3, -0.25) is 14.6 Å². The Labute approximate surface area is 262 Å². The van der Waals surface area contributed by atoms with Gasteiger partial charge in [-0.25, -0.2) is 4.98 Å². The van der Waals surface area contributed by atoms with Gasteiger partial charge in [0.25, 0.3) is 0 Å². The Morgan fingerprint density at radius 2 is 1.83 bits per heavy atom.